The molecule has 3 atom stereocenters. The largest absolute Gasteiger partial charge is 0.467 e. The van der Waals surface area contributed by atoms with Crippen LogP contribution in [0.2, 0.25) is 0 Å². The minimum atomic E-state index is -0.367. The highest BCUT2D eigenvalue weighted by Crippen LogP contribution is 2.27. The van der Waals surface area contributed by atoms with Gasteiger partial charge in [-0.15, -0.1) is 0 Å². The number of hydrogen-bond donors (Lipinski definition) is 2. The molecule has 3 unspecified atom stereocenters. The summed E-state index contributed by atoms with van der Waals surface area (Å²) < 4.78 is 5.33. The van der Waals surface area contributed by atoms with Crippen LogP contribution in [0.4, 0.5) is 0 Å². The van der Waals surface area contributed by atoms with E-state index in [9.17, 15) is 9.59 Å². The average molecular weight is 394 g/mol. The number of hydrogen-bond acceptors (Lipinski definition) is 4. The Kier molecular flexibility index (Phi) is 5.38. The maximum absolute atomic E-state index is 13.0. The number of para-hydroxylation sites is 2. The first-order chi connectivity index (χ1) is 14.0. The number of carbonyl (C=O) groups excluding carboxylic acids is 2. The number of amides is 2. The van der Waals surface area contributed by atoms with Crippen molar-refractivity contribution >= 4 is 22.8 Å². The number of nitrogens with one attached hydrogen (secondary N) is 2. The number of carbonyl (C=O) groups is 2. The first-order valence-corrected chi connectivity index (χ1v) is 10.1. The number of rotatable bonds is 7. The van der Waals surface area contributed by atoms with Crippen molar-refractivity contribution < 1.29 is 14.0 Å². The van der Waals surface area contributed by atoms with Gasteiger partial charge in [0.1, 0.15) is 11.6 Å². The standard InChI is InChI=1S/C22H26N4O3/c1-3-14(2)20(21-23-17-8-4-5-9-18(17)24-21)25-22(28)15-11-19(27)26(12-15)13-16-7-6-10-29-16/h4-10,14-15,20H,3,11-13H2,1-2H3,(H,23,24)(H,25,28). The topological polar surface area (TPSA) is 91.2 Å². The predicted octanol–water partition coefficient (Wildman–Crippen LogP) is 3.41. The van der Waals surface area contributed by atoms with Crippen LogP contribution in [0.5, 0.6) is 0 Å². The van der Waals surface area contributed by atoms with Gasteiger partial charge in [-0.05, 0) is 30.2 Å². The van der Waals surface area contributed by atoms with Crippen molar-refractivity contribution in [3.63, 3.8) is 0 Å². The molecule has 2 amide bonds. The Balaban J connectivity index is 1.47. The molecule has 2 aromatic heterocycles. The van der Waals surface area contributed by atoms with Gasteiger partial charge in [0, 0.05) is 13.0 Å². The van der Waals surface area contributed by atoms with E-state index in [4.69, 9.17) is 4.42 Å². The zero-order chi connectivity index (χ0) is 20.4. The molecule has 0 radical (unpaired) electrons. The normalized spacial score (nSPS) is 18.9. The van der Waals surface area contributed by atoms with Crippen LogP contribution in [-0.2, 0) is 16.1 Å². The van der Waals surface area contributed by atoms with Crippen molar-refractivity contribution in [2.75, 3.05) is 6.54 Å². The summed E-state index contributed by atoms with van der Waals surface area (Å²) in [6.07, 6.45) is 2.71. The van der Waals surface area contributed by atoms with Gasteiger partial charge in [-0.3, -0.25) is 9.59 Å². The van der Waals surface area contributed by atoms with Crippen molar-refractivity contribution in [3.8, 4) is 0 Å². The van der Waals surface area contributed by atoms with Gasteiger partial charge in [0.05, 0.1) is 35.8 Å². The second-order valence-corrected chi connectivity index (χ2v) is 7.77. The van der Waals surface area contributed by atoms with Crippen molar-refractivity contribution in [2.45, 2.75) is 39.3 Å². The number of fused-ring (bicyclic) bond motifs is 1. The number of benzene rings is 1. The Bertz CT molecular complexity index is 962. The first kappa shape index (κ1) is 19.2. The molecule has 1 aliphatic heterocycles. The van der Waals surface area contributed by atoms with Crippen LogP contribution >= 0.6 is 0 Å². The van der Waals surface area contributed by atoms with E-state index in [-0.39, 0.29) is 36.1 Å². The van der Waals surface area contributed by atoms with E-state index >= 15 is 0 Å². The summed E-state index contributed by atoms with van der Waals surface area (Å²) >= 11 is 0. The van der Waals surface area contributed by atoms with E-state index in [0.717, 1.165) is 29.0 Å². The van der Waals surface area contributed by atoms with Crippen molar-refractivity contribution in [1.29, 1.82) is 0 Å². The van der Waals surface area contributed by atoms with Gasteiger partial charge in [-0.1, -0.05) is 32.4 Å². The summed E-state index contributed by atoms with van der Waals surface area (Å²) in [7, 11) is 0. The molecule has 152 valence electrons. The molecule has 4 rings (SSSR count). The maximum Gasteiger partial charge on any atom is 0.226 e. The quantitative estimate of drug-likeness (QED) is 0.642. The summed E-state index contributed by atoms with van der Waals surface area (Å²) in [5.74, 6) is 1.19. The minimum absolute atomic E-state index is 0.0228. The third kappa shape index (κ3) is 4.04. The molecule has 3 aromatic rings. The van der Waals surface area contributed by atoms with Gasteiger partial charge >= 0.3 is 0 Å². The summed E-state index contributed by atoms with van der Waals surface area (Å²) in [6.45, 7) is 4.99. The number of imidazole rings is 1. The molecule has 2 N–H and O–H groups in total. The summed E-state index contributed by atoms with van der Waals surface area (Å²) in [4.78, 5) is 35.1. The summed E-state index contributed by atoms with van der Waals surface area (Å²) in [5.41, 5.74) is 1.83. The van der Waals surface area contributed by atoms with Crippen LogP contribution in [-0.4, -0.2) is 33.2 Å². The monoisotopic (exact) mass is 394 g/mol. The highest BCUT2D eigenvalue weighted by atomic mass is 16.3. The van der Waals surface area contributed by atoms with Crippen LogP contribution in [0.3, 0.4) is 0 Å². The average Bonchev–Trinajstić information content (AvgIpc) is 3.46. The third-order valence-corrected chi connectivity index (χ3v) is 5.73. The van der Waals surface area contributed by atoms with Crippen LogP contribution in [0.15, 0.2) is 47.1 Å². The van der Waals surface area contributed by atoms with Crippen LogP contribution in [0.25, 0.3) is 11.0 Å². The van der Waals surface area contributed by atoms with Gasteiger partial charge in [0.2, 0.25) is 11.8 Å². The highest BCUT2D eigenvalue weighted by molar-refractivity contribution is 5.89. The Morgan fingerprint density at radius 3 is 2.90 bits per heavy atom. The van der Waals surface area contributed by atoms with Crippen LogP contribution in [0, 0.1) is 11.8 Å². The molecule has 0 bridgehead atoms. The molecule has 1 fully saturated rings. The Morgan fingerprint density at radius 2 is 2.17 bits per heavy atom. The van der Waals surface area contributed by atoms with Gasteiger partial charge in [-0.25, -0.2) is 4.98 Å². The van der Waals surface area contributed by atoms with E-state index in [1.807, 2.05) is 30.3 Å². The van der Waals surface area contributed by atoms with Crippen LogP contribution < -0.4 is 5.32 Å². The van der Waals surface area contributed by atoms with E-state index in [1.54, 1.807) is 17.2 Å². The van der Waals surface area contributed by atoms with Gasteiger partial charge in [0.15, 0.2) is 0 Å². The van der Waals surface area contributed by atoms with Gasteiger partial charge in [0.25, 0.3) is 0 Å². The molecular weight excluding hydrogens is 368 g/mol. The summed E-state index contributed by atoms with van der Waals surface area (Å²) in [6, 6.07) is 11.2. The number of nitrogens with zero attached hydrogens (tertiary/aromatic N) is 2. The Hall–Kier alpha value is -3.09. The van der Waals surface area contributed by atoms with E-state index in [0.29, 0.717) is 13.1 Å². The Morgan fingerprint density at radius 1 is 1.34 bits per heavy atom. The van der Waals surface area contributed by atoms with Gasteiger partial charge in [-0.2, -0.15) is 0 Å². The molecule has 1 aromatic carbocycles. The smallest absolute Gasteiger partial charge is 0.226 e. The fourth-order valence-corrected chi connectivity index (χ4v) is 3.80. The fraction of sp³-hybridized carbons (Fsp3) is 0.409. The molecule has 0 saturated carbocycles. The number of aromatic nitrogens is 2. The van der Waals surface area contributed by atoms with Crippen molar-refractivity contribution in [3.05, 3.63) is 54.2 Å². The third-order valence-electron chi connectivity index (χ3n) is 5.73. The van der Waals surface area contributed by atoms with E-state index in [1.165, 1.54) is 0 Å². The predicted molar refractivity (Wildman–Crippen MR) is 109 cm³/mol. The zero-order valence-electron chi connectivity index (χ0n) is 16.7. The minimum Gasteiger partial charge on any atom is -0.467 e. The highest BCUT2D eigenvalue weighted by Gasteiger charge is 2.36. The van der Waals surface area contributed by atoms with E-state index < -0.39 is 0 Å². The van der Waals surface area contributed by atoms with Crippen LogP contribution in [0.1, 0.15) is 44.3 Å². The number of H-pyrrole nitrogens is 1. The molecule has 3 heterocycles. The summed E-state index contributed by atoms with van der Waals surface area (Å²) in [5, 5.41) is 3.15. The lowest BCUT2D eigenvalue weighted by Gasteiger charge is -2.24. The first-order valence-electron chi connectivity index (χ1n) is 10.1. The fourth-order valence-electron chi connectivity index (χ4n) is 3.80. The van der Waals surface area contributed by atoms with Crippen molar-refractivity contribution in [1.82, 2.24) is 20.2 Å². The lowest BCUT2D eigenvalue weighted by atomic mass is 9.97. The lowest BCUT2D eigenvalue weighted by Crippen LogP contribution is -2.38. The van der Waals surface area contributed by atoms with Gasteiger partial charge < -0.3 is 19.6 Å². The molecule has 0 spiro atoms. The Labute approximate surface area is 169 Å². The number of furan rings is 1. The zero-order valence-corrected chi connectivity index (χ0v) is 16.7. The SMILES string of the molecule is CCC(C)C(NC(=O)C1CC(=O)N(Cc2ccco2)C1)c1nc2ccccc2[nH]1. The molecule has 29 heavy (non-hydrogen) atoms. The molecule has 0 aliphatic carbocycles. The molecule has 1 aliphatic rings. The van der Waals surface area contributed by atoms with E-state index in [2.05, 4.69) is 29.1 Å². The molecule has 7 nitrogen and oxygen atoms in total. The number of aromatic amines is 1. The molecule has 1 saturated heterocycles. The number of likely N-dealkylation sites (tertiary alicyclic amines) is 1. The molecular formula is C22H26N4O3. The van der Waals surface area contributed by atoms with Crippen molar-refractivity contribution in [2.24, 2.45) is 11.8 Å². The maximum atomic E-state index is 13.0. The second kappa shape index (κ2) is 8.11. The second-order valence-electron chi connectivity index (χ2n) is 7.77. The molecule has 7 heteroatoms. The lowest BCUT2D eigenvalue weighted by molar-refractivity contribution is -0.129.